The number of hydrogen-bond donors (Lipinski definition) is 2. The lowest BCUT2D eigenvalue weighted by Gasteiger charge is -2.11. The Kier molecular flexibility index (Phi) is 5.95. The Morgan fingerprint density at radius 3 is 2.71 bits per heavy atom. The molecule has 4 rings (SSSR count). The van der Waals surface area contributed by atoms with E-state index in [-0.39, 0.29) is 29.8 Å². The summed E-state index contributed by atoms with van der Waals surface area (Å²) in [5.74, 6) is -0.743. The molecule has 1 aliphatic rings. The topological polar surface area (TPSA) is 85.2 Å². The predicted octanol–water partition coefficient (Wildman–Crippen LogP) is 4.66. The number of ether oxygens (including phenoxy) is 1. The Hall–Kier alpha value is -2.94. The number of halogens is 3. The van der Waals surface area contributed by atoms with E-state index in [0.717, 1.165) is 0 Å². The number of aromatic nitrogens is 2. The average Bonchev–Trinajstić information content (AvgIpc) is 3.22. The first-order chi connectivity index (χ1) is 14.9. The molecule has 1 aliphatic heterocycles. The van der Waals surface area contributed by atoms with Gasteiger partial charge in [-0.15, -0.1) is 0 Å². The first kappa shape index (κ1) is 21.3. The summed E-state index contributed by atoms with van der Waals surface area (Å²) in [6, 6.07) is 9.86. The molecule has 1 atom stereocenters. The average molecular weight is 463 g/mol. The van der Waals surface area contributed by atoms with Crippen LogP contribution in [0.15, 0.2) is 42.5 Å². The second-order valence-corrected chi connectivity index (χ2v) is 7.70. The van der Waals surface area contributed by atoms with Crippen molar-refractivity contribution < 1.29 is 18.7 Å². The fourth-order valence-corrected chi connectivity index (χ4v) is 3.80. The summed E-state index contributed by atoms with van der Waals surface area (Å²) in [5, 5.41) is 10.5. The van der Waals surface area contributed by atoms with Gasteiger partial charge in [-0.1, -0.05) is 41.4 Å². The number of benzene rings is 2. The fraction of sp³-hybridized carbons (Fsp3) is 0.190. The van der Waals surface area contributed by atoms with Crippen molar-refractivity contribution >= 4 is 46.5 Å². The summed E-state index contributed by atoms with van der Waals surface area (Å²) in [4.78, 5) is 25.2. The smallest absolute Gasteiger partial charge is 0.251 e. The highest BCUT2D eigenvalue weighted by Crippen LogP contribution is 2.39. The number of hydrogen-bond acceptors (Lipinski definition) is 4. The van der Waals surface area contributed by atoms with Gasteiger partial charge in [0.15, 0.2) is 0 Å². The van der Waals surface area contributed by atoms with Gasteiger partial charge in [0.2, 0.25) is 5.91 Å². The van der Waals surface area contributed by atoms with Crippen LogP contribution in [0.4, 0.5) is 15.9 Å². The van der Waals surface area contributed by atoms with Crippen LogP contribution in [0.1, 0.15) is 18.2 Å². The Bertz CT molecular complexity index is 1160. The van der Waals surface area contributed by atoms with Crippen LogP contribution in [0.3, 0.4) is 0 Å². The van der Waals surface area contributed by atoms with Gasteiger partial charge < -0.3 is 15.4 Å². The molecule has 2 aromatic carbocycles. The predicted molar refractivity (Wildman–Crippen MR) is 116 cm³/mol. The lowest BCUT2D eigenvalue weighted by molar-refractivity contribution is -0.123. The minimum Gasteiger partial charge on any atom is -0.378 e. The van der Waals surface area contributed by atoms with Gasteiger partial charge in [0, 0.05) is 12.7 Å². The number of anilines is 2. The van der Waals surface area contributed by atoms with Crippen molar-refractivity contribution in [3.05, 3.63) is 64.0 Å². The van der Waals surface area contributed by atoms with Crippen LogP contribution in [0.2, 0.25) is 10.0 Å². The summed E-state index contributed by atoms with van der Waals surface area (Å²) < 4.78 is 20.1. The van der Waals surface area contributed by atoms with E-state index < -0.39 is 11.9 Å². The second kappa shape index (κ2) is 8.66. The number of carbonyl (C=O) groups is 2. The molecule has 1 unspecified atom stereocenters. The molecule has 10 heteroatoms. The van der Waals surface area contributed by atoms with E-state index in [4.69, 9.17) is 27.9 Å². The number of nitrogens with one attached hydrogen (secondary N) is 2. The number of methoxy groups -OCH3 is 1. The normalized spacial score (nSPS) is 15.0. The Morgan fingerprint density at radius 2 is 2.00 bits per heavy atom. The third kappa shape index (κ3) is 4.14. The molecule has 2 amide bonds. The van der Waals surface area contributed by atoms with Crippen LogP contribution in [0, 0.1) is 5.82 Å². The van der Waals surface area contributed by atoms with Gasteiger partial charge in [-0.25, -0.2) is 9.07 Å². The minimum absolute atomic E-state index is 0.168. The Balaban J connectivity index is 1.63. The SMILES string of the molecule is COCc1nn2c(c1-c1ccc(F)cc1)NC(=O)C2CC(=O)Nc1cccc(Cl)c1Cl. The number of fused-ring (bicyclic) bond motifs is 1. The van der Waals surface area contributed by atoms with Crippen LogP contribution < -0.4 is 10.6 Å². The zero-order valence-corrected chi connectivity index (χ0v) is 17.8. The third-order valence-corrected chi connectivity index (χ3v) is 5.66. The molecule has 0 saturated heterocycles. The van der Waals surface area contributed by atoms with Crippen molar-refractivity contribution in [2.45, 2.75) is 19.1 Å². The molecular weight excluding hydrogens is 446 g/mol. The van der Waals surface area contributed by atoms with Gasteiger partial charge in [-0.3, -0.25) is 9.59 Å². The number of rotatable bonds is 6. The van der Waals surface area contributed by atoms with Gasteiger partial charge in [0.05, 0.1) is 34.5 Å². The van der Waals surface area contributed by atoms with E-state index in [1.165, 1.54) is 23.9 Å². The van der Waals surface area contributed by atoms with Crippen molar-refractivity contribution in [2.24, 2.45) is 0 Å². The maximum Gasteiger partial charge on any atom is 0.251 e. The Morgan fingerprint density at radius 1 is 1.26 bits per heavy atom. The molecule has 0 fully saturated rings. The molecule has 0 bridgehead atoms. The highest BCUT2D eigenvalue weighted by atomic mass is 35.5. The van der Waals surface area contributed by atoms with E-state index in [9.17, 15) is 14.0 Å². The van der Waals surface area contributed by atoms with Gasteiger partial charge in [0.25, 0.3) is 5.91 Å². The minimum atomic E-state index is -0.863. The van der Waals surface area contributed by atoms with Crippen molar-refractivity contribution in [2.75, 3.05) is 17.7 Å². The van der Waals surface area contributed by atoms with Gasteiger partial charge in [0.1, 0.15) is 17.7 Å². The summed E-state index contributed by atoms with van der Waals surface area (Å²) >= 11 is 12.1. The van der Waals surface area contributed by atoms with Crippen molar-refractivity contribution in [3.8, 4) is 11.1 Å². The quantitative estimate of drug-likeness (QED) is 0.557. The molecule has 1 aromatic heterocycles. The molecule has 0 spiro atoms. The summed E-state index contributed by atoms with van der Waals surface area (Å²) in [6.07, 6.45) is -0.168. The summed E-state index contributed by atoms with van der Waals surface area (Å²) in [5.41, 5.74) is 2.21. The van der Waals surface area contributed by atoms with Crippen LogP contribution in [-0.2, 0) is 20.9 Å². The lowest BCUT2D eigenvalue weighted by Crippen LogP contribution is -2.24. The van der Waals surface area contributed by atoms with E-state index in [1.54, 1.807) is 30.3 Å². The van der Waals surface area contributed by atoms with Crippen LogP contribution in [0.25, 0.3) is 11.1 Å². The highest BCUT2D eigenvalue weighted by Gasteiger charge is 2.37. The van der Waals surface area contributed by atoms with Gasteiger partial charge >= 0.3 is 0 Å². The fourth-order valence-electron chi connectivity index (χ4n) is 3.45. The molecule has 0 aliphatic carbocycles. The number of carbonyl (C=O) groups excluding carboxylic acids is 2. The zero-order chi connectivity index (χ0) is 22.1. The highest BCUT2D eigenvalue weighted by molar-refractivity contribution is 6.44. The molecule has 31 heavy (non-hydrogen) atoms. The molecular formula is C21H17Cl2FN4O3. The molecule has 0 radical (unpaired) electrons. The van der Waals surface area contributed by atoms with Gasteiger partial charge in [-0.05, 0) is 29.8 Å². The third-order valence-electron chi connectivity index (χ3n) is 4.84. The first-order valence-corrected chi connectivity index (χ1v) is 10.1. The zero-order valence-electron chi connectivity index (χ0n) is 16.3. The van der Waals surface area contributed by atoms with E-state index in [1.807, 2.05) is 0 Å². The standard InChI is InChI=1S/C21H17Cl2FN4O3/c1-31-10-15-18(11-5-7-12(24)8-6-11)20-26-21(30)16(28(20)27-15)9-17(29)25-14-4-2-3-13(22)19(14)23/h2-8,16H,9-10H2,1H3,(H,25,29)(H,26,30). The molecule has 0 saturated carbocycles. The second-order valence-electron chi connectivity index (χ2n) is 6.91. The molecule has 2 heterocycles. The van der Waals surface area contributed by atoms with E-state index >= 15 is 0 Å². The van der Waals surface area contributed by atoms with E-state index in [0.29, 0.717) is 33.3 Å². The van der Waals surface area contributed by atoms with Gasteiger partial charge in [-0.2, -0.15) is 5.10 Å². The summed E-state index contributed by atoms with van der Waals surface area (Å²) in [6.45, 7) is 0.180. The van der Waals surface area contributed by atoms with Crippen molar-refractivity contribution in [1.82, 2.24) is 9.78 Å². The van der Waals surface area contributed by atoms with E-state index in [2.05, 4.69) is 15.7 Å². The number of nitrogens with zero attached hydrogens (tertiary/aromatic N) is 2. The van der Waals surface area contributed by atoms with Crippen LogP contribution >= 0.6 is 23.2 Å². The maximum absolute atomic E-state index is 13.4. The lowest BCUT2D eigenvalue weighted by atomic mass is 10.1. The first-order valence-electron chi connectivity index (χ1n) is 9.30. The monoisotopic (exact) mass is 462 g/mol. The summed E-state index contributed by atoms with van der Waals surface area (Å²) in [7, 11) is 1.52. The largest absolute Gasteiger partial charge is 0.378 e. The number of amides is 2. The molecule has 3 aromatic rings. The maximum atomic E-state index is 13.4. The molecule has 160 valence electrons. The van der Waals surface area contributed by atoms with Crippen molar-refractivity contribution in [3.63, 3.8) is 0 Å². The van der Waals surface area contributed by atoms with Crippen molar-refractivity contribution in [1.29, 1.82) is 0 Å². The van der Waals surface area contributed by atoms with Crippen LogP contribution in [0.5, 0.6) is 0 Å². The molecule has 7 nitrogen and oxygen atoms in total. The van der Waals surface area contributed by atoms with Crippen LogP contribution in [-0.4, -0.2) is 28.7 Å². The molecule has 2 N–H and O–H groups in total. The Labute approximate surface area is 187 Å².